The number of hydrogen-bond donors (Lipinski definition) is 0. The van der Waals surface area contributed by atoms with Gasteiger partial charge in [0.2, 0.25) is 0 Å². The van der Waals surface area contributed by atoms with Crippen molar-refractivity contribution >= 4 is 20.3 Å². The lowest BCUT2D eigenvalue weighted by Gasteiger charge is -2.48. The Balaban J connectivity index is 1.66. The topological polar surface area (TPSA) is 61.8 Å². The maximum Gasteiger partial charge on any atom is 0.312 e. The molecule has 1 unspecified atom stereocenters. The van der Waals surface area contributed by atoms with Gasteiger partial charge in [-0.3, -0.25) is 9.59 Å². The molecule has 7 atom stereocenters. The van der Waals surface area contributed by atoms with E-state index in [1.54, 1.807) is 0 Å². The molecular weight excluding hydrogens is 396 g/mol. The lowest BCUT2D eigenvalue weighted by Crippen LogP contribution is -2.50. The van der Waals surface area contributed by atoms with Crippen LogP contribution in [0.5, 0.6) is 0 Å². The highest BCUT2D eigenvalue weighted by Gasteiger charge is 2.83. The fourth-order valence-corrected chi connectivity index (χ4v) is 10.1. The van der Waals surface area contributed by atoms with Gasteiger partial charge in [-0.05, 0) is 89.4 Å². The van der Waals surface area contributed by atoms with Crippen LogP contribution in [-0.4, -0.2) is 38.1 Å². The van der Waals surface area contributed by atoms with E-state index in [-0.39, 0.29) is 40.7 Å². The molecule has 0 N–H and O–H groups in total. The molecule has 4 aliphatic carbocycles. The van der Waals surface area contributed by atoms with Crippen LogP contribution in [0.15, 0.2) is 12.2 Å². The number of fused-ring (bicyclic) bond motifs is 1. The zero-order chi connectivity index (χ0) is 21.7. The molecule has 1 spiro atoms. The number of carbonyl (C=O) groups is 2. The smallest absolute Gasteiger partial charge is 0.312 e. The Morgan fingerprint density at radius 3 is 2.67 bits per heavy atom. The summed E-state index contributed by atoms with van der Waals surface area (Å²) in [6.07, 6.45) is 6.11. The number of carbonyl (C=O) groups excluding carboxylic acids is 2. The van der Waals surface area contributed by atoms with Crippen LogP contribution in [0, 0.1) is 28.6 Å². The second-order valence-electron chi connectivity index (χ2n) is 11.8. The van der Waals surface area contributed by atoms with E-state index < -0.39 is 19.3 Å². The van der Waals surface area contributed by atoms with Gasteiger partial charge in [0.25, 0.3) is 0 Å². The summed E-state index contributed by atoms with van der Waals surface area (Å²) in [7, 11) is -1.81. The van der Waals surface area contributed by atoms with Crippen molar-refractivity contribution in [1.82, 2.24) is 0 Å². The Hall–Kier alpha value is -1.14. The summed E-state index contributed by atoms with van der Waals surface area (Å²) in [6.45, 7) is 15.4. The van der Waals surface area contributed by atoms with E-state index in [1.165, 1.54) is 0 Å². The van der Waals surface area contributed by atoms with Crippen molar-refractivity contribution in [2.24, 2.45) is 28.6 Å². The predicted octanol–water partition coefficient (Wildman–Crippen LogP) is 4.62. The summed E-state index contributed by atoms with van der Waals surface area (Å²) in [5, 5.41) is 0. The van der Waals surface area contributed by atoms with Crippen molar-refractivity contribution in [2.75, 3.05) is 6.61 Å². The first-order chi connectivity index (χ1) is 13.9. The molecule has 1 saturated heterocycles. The minimum Gasteiger partial charge on any atom is -0.466 e. The van der Waals surface area contributed by atoms with E-state index >= 15 is 0 Å². The highest BCUT2D eigenvalue weighted by atomic mass is 28.4. The summed E-state index contributed by atoms with van der Waals surface area (Å²) < 4.78 is 18.8. The van der Waals surface area contributed by atoms with Crippen molar-refractivity contribution in [2.45, 2.75) is 89.6 Å². The van der Waals surface area contributed by atoms with Crippen molar-refractivity contribution in [3.05, 3.63) is 12.2 Å². The maximum atomic E-state index is 13.5. The van der Waals surface area contributed by atoms with Gasteiger partial charge >= 0.3 is 11.9 Å². The van der Waals surface area contributed by atoms with Gasteiger partial charge in [-0.1, -0.05) is 6.58 Å². The van der Waals surface area contributed by atoms with E-state index in [4.69, 9.17) is 13.9 Å². The minimum atomic E-state index is -1.81. The van der Waals surface area contributed by atoms with Crippen molar-refractivity contribution in [1.29, 1.82) is 0 Å². The molecule has 0 aromatic heterocycles. The minimum absolute atomic E-state index is 0.0936. The van der Waals surface area contributed by atoms with E-state index in [0.717, 1.165) is 50.5 Å². The zero-order valence-corrected chi connectivity index (χ0v) is 20.1. The average molecular weight is 433 g/mol. The second-order valence-corrected chi connectivity index (χ2v) is 16.2. The van der Waals surface area contributed by atoms with Crippen LogP contribution < -0.4 is 0 Å². The fourth-order valence-electron chi connectivity index (χ4n) is 8.63. The SMILES string of the molecule is C=C1C[C@]23C[C@@]1(O[Si](C)(C)C)CC[C@H]2[C@@]12CCCC(C)(C(=O)O1)[C@H]2[C@@H]3C(=O)OCC. The highest BCUT2D eigenvalue weighted by Crippen LogP contribution is 2.79. The van der Waals surface area contributed by atoms with Gasteiger partial charge in [0, 0.05) is 11.8 Å². The first kappa shape index (κ1) is 20.7. The van der Waals surface area contributed by atoms with E-state index in [1.807, 2.05) is 13.8 Å². The van der Waals surface area contributed by atoms with E-state index in [2.05, 4.69) is 26.2 Å². The largest absolute Gasteiger partial charge is 0.466 e. The normalized spacial score (nSPS) is 48.9. The summed E-state index contributed by atoms with van der Waals surface area (Å²) in [4.78, 5) is 26.6. The fraction of sp³-hybridized carbons (Fsp3) is 0.833. The molecule has 4 saturated carbocycles. The Bertz CT molecular complexity index is 832. The third kappa shape index (κ3) is 2.33. The van der Waals surface area contributed by atoms with Crippen LogP contribution in [0.4, 0.5) is 0 Å². The molecule has 166 valence electrons. The predicted molar refractivity (Wildman–Crippen MR) is 115 cm³/mol. The number of esters is 2. The Kier molecular flexibility index (Phi) is 4.15. The standard InChI is InChI=1S/C24H36O5Si/c1-7-27-19(25)17-18-21(3)10-8-11-24(18,28-20(21)26)16-9-12-23(29-30(4,5)6)14-22(16,17)13-15(23)2/h16-18H,2,7-14H2,1,3-6H3/t16-,17-,18-,21?,22+,23+,24-/m1/s1. The molecule has 6 heteroatoms. The van der Waals surface area contributed by atoms with Crippen LogP contribution in [-0.2, 0) is 23.5 Å². The molecule has 0 radical (unpaired) electrons. The van der Waals surface area contributed by atoms with E-state index in [0.29, 0.717) is 6.61 Å². The first-order valence-corrected chi connectivity index (χ1v) is 15.1. The van der Waals surface area contributed by atoms with Gasteiger partial charge < -0.3 is 13.9 Å². The monoisotopic (exact) mass is 432 g/mol. The van der Waals surface area contributed by atoms with Crippen molar-refractivity contribution < 1.29 is 23.5 Å². The first-order valence-electron chi connectivity index (χ1n) is 11.7. The summed E-state index contributed by atoms with van der Waals surface area (Å²) in [6, 6.07) is 0. The molecule has 5 aliphatic rings. The molecular formula is C24H36O5Si. The summed E-state index contributed by atoms with van der Waals surface area (Å²) >= 11 is 0. The molecule has 5 rings (SSSR count). The Morgan fingerprint density at radius 2 is 2.00 bits per heavy atom. The third-order valence-corrected chi connectivity index (χ3v) is 10.1. The van der Waals surface area contributed by atoms with Crippen LogP contribution in [0.3, 0.4) is 0 Å². The van der Waals surface area contributed by atoms with Crippen LogP contribution >= 0.6 is 0 Å². The molecule has 30 heavy (non-hydrogen) atoms. The van der Waals surface area contributed by atoms with Crippen LogP contribution in [0.2, 0.25) is 19.6 Å². The Morgan fingerprint density at radius 1 is 1.27 bits per heavy atom. The Labute approximate surface area is 181 Å². The third-order valence-electron chi connectivity index (χ3n) is 9.14. The summed E-state index contributed by atoms with van der Waals surface area (Å²) in [5.41, 5.74) is -0.562. The molecule has 4 bridgehead atoms. The molecule has 1 aliphatic heterocycles. The molecule has 0 aromatic carbocycles. The number of rotatable bonds is 4. The van der Waals surface area contributed by atoms with Gasteiger partial charge in [-0.25, -0.2) is 0 Å². The second kappa shape index (κ2) is 6.00. The van der Waals surface area contributed by atoms with Crippen molar-refractivity contribution in [3.63, 3.8) is 0 Å². The quantitative estimate of drug-likeness (QED) is 0.369. The number of ether oxygens (including phenoxy) is 2. The van der Waals surface area contributed by atoms with Gasteiger partial charge in [0.05, 0.1) is 23.5 Å². The van der Waals surface area contributed by atoms with Crippen LogP contribution in [0.25, 0.3) is 0 Å². The average Bonchev–Trinajstić information content (AvgIpc) is 3.02. The zero-order valence-electron chi connectivity index (χ0n) is 19.1. The van der Waals surface area contributed by atoms with E-state index in [9.17, 15) is 9.59 Å². The van der Waals surface area contributed by atoms with Gasteiger partial charge in [-0.15, -0.1) is 0 Å². The molecule has 0 amide bonds. The molecule has 0 aromatic rings. The van der Waals surface area contributed by atoms with Crippen LogP contribution in [0.1, 0.15) is 58.8 Å². The van der Waals surface area contributed by atoms with Gasteiger partial charge in [0.15, 0.2) is 8.32 Å². The van der Waals surface area contributed by atoms with Gasteiger partial charge in [0.1, 0.15) is 5.60 Å². The molecule has 5 nitrogen and oxygen atoms in total. The summed E-state index contributed by atoms with van der Waals surface area (Å²) in [5.74, 6) is -0.458. The molecule has 5 fully saturated rings. The maximum absolute atomic E-state index is 13.5. The van der Waals surface area contributed by atoms with Crippen molar-refractivity contribution in [3.8, 4) is 0 Å². The highest BCUT2D eigenvalue weighted by molar-refractivity contribution is 6.69. The lowest BCUT2D eigenvalue weighted by molar-refractivity contribution is -0.163. The molecule has 1 heterocycles. The lowest BCUT2D eigenvalue weighted by atomic mass is 9.60. The number of hydrogen-bond acceptors (Lipinski definition) is 5. The van der Waals surface area contributed by atoms with Gasteiger partial charge in [-0.2, -0.15) is 0 Å².